The molecule has 106 valence electrons. The first-order valence-corrected chi connectivity index (χ1v) is 7.37. The van der Waals surface area contributed by atoms with Gasteiger partial charge < -0.3 is 5.32 Å². The summed E-state index contributed by atoms with van der Waals surface area (Å²) in [5, 5.41) is 17.1. The Balaban J connectivity index is 2.08. The molecule has 0 fully saturated rings. The minimum Gasteiger partial charge on any atom is -0.314 e. The van der Waals surface area contributed by atoms with Crippen LogP contribution in [0.3, 0.4) is 0 Å². The number of hydrogen-bond donors (Lipinski definition) is 1. The fourth-order valence-corrected chi connectivity index (χ4v) is 2.61. The molecule has 0 saturated carbocycles. The lowest BCUT2D eigenvalue weighted by Gasteiger charge is -2.05. The number of hydrogen-bond acceptors (Lipinski definition) is 5. The molecule has 0 spiro atoms. The van der Waals surface area contributed by atoms with Gasteiger partial charge in [-0.1, -0.05) is 26.0 Å². The van der Waals surface area contributed by atoms with Gasteiger partial charge in [0.1, 0.15) is 0 Å². The number of non-ortho nitro benzene ring substituents is 1. The smallest absolute Gasteiger partial charge is 0.270 e. The first-order valence-electron chi connectivity index (χ1n) is 6.49. The summed E-state index contributed by atoms with van der Waals surface area (Å²) in [5.74, 6) is 0. The second-order valence-corrected chi connectivity index (χ2v) is 5.74. The van der Waals surface area contributed by atoms with Crippen molar-refractivity contribution in [3.8, 4) is 11.3 Å². The molecule has 0 saturated heterocycles. The number of thiazole rings is 1. The van der Waals surface area contributed by atoms with Crippen LogP contribution >= 0.6 is 11.3 Å². The zero-order chi connectivity index (χ0) is 14.5. The van der Waals surface area contributed by atoms with Crippen molar-refractivity contribution in [3.63, 3.8) is 0 Å². The van der Waals surface area contributed by atoms with E-state index in [1.54, 1.807) is 23.5 Å². The highest BCUT2D eigenvalue weighted by molar-refractivity contribution is 7.09. The Kier molecular flexibility index (Phi) is 4.81. The Labute approximate surface area is 121 Å². The topological polar surface area (TPSA) is 68.1 Å². The lowest BCUT2D eigenvalue weighted by molar-refractivity contribution is -0.384. The summed E-state index contributed by atoms with van der Waals surface area (Å²) >= 11 is 1.59. The van der Waals surface area contributed by atoms with E-state index in [-0.39, 0.29) is 10.6 Å². The van der Waals surface area contributed by atoms with Crippen LogP contribution in [0.5, 0.6) is 0 Å². The van der Waals surface area contributed by atoms with Crippen molar-refractivity contribution in [2.45, 2.75) is 26.3 Å². The highest BCUT2D eigenvalue weighted by Gasteiger charge is 2.09. The largest absolute Gasteiger partial charge is 0.314 e. The third kappa shape index (κ3) is 3.85. The van der Waals surface area contributed by atoms with Gasteiger partial charge in [-0.15, -0.1) is 11.3 Å². The number of nitrogens with zero attached hydrogens (tertiary/aromatic N) is 2. The van der Waals surface area contributed by atoms with Crippen LogP contribution in [0.1, 0.15) is 18.9 Å². The maximum atomic E-state index is 10.8. The summed E-state index contributed by atoms with van der Waals surface area (Å²) < 4.78 is 0. The summed E-state index contributed by atoms with van der Waals surface area (Å²) in [7, 11) is 0. The van der Waals surface area contributed by atoms with Crippen LogP contribution in [-0.4, -0.2) is 22.5 Å². The number of nitro groups is 1. The second-order valence-electron chi connectivity index (χ2n) is 4.79. The third-order valence-corrected chi connectivity index (χ3v) is 3.70. The number of nitrogens with one attached hydrogen (secondary N) is 1. The van der Waals surface area contributed by atoms with Gasteiger partial charge in [-0.05, 0) is 0 Å². The van der Waals surface area contributed by atoms with E-state index >= 15 is 0 Å². The van der Waals surface area contributed by atoms with E-state index in [0.717, 1.165) is 29.2 Å². The van der Waals surface area contributed by atoms with Crippen molar-refractivity contribution in [1.82, 2.24) is 10.3 Å². The molecule has 2 rings (SSSR count). The first kappa shape index (κ1) is 14.6. The minimum atomic E-state index is -0.386. The highest BCUT2D eigenvalue weighted by Crippen LogP contribution is 2.25. The van der Waals surface area contributed by atoms with Crippen LogP contribution in [0.25, 0.3) is 11.3 Å². The van der Waals surface area contributed by atoms with Crippen LogP contribution in [0.15, 0.2) is 29.6 Å². The molecular formula is C14H17N3O2S. The number of rotatable bonds is 6. The molecule has 5 nitrogen and oxygen atoms in total. The maximum absolute atomic E-state index is 10.8. The minimum absolute atomic E-state index is 0.0959. The molecule has 0 amide bonds. The van der Waals surface area contributed by atoms with Gasteiger partial charge in [-0.3, -0.25) is 10.1 Å². The Bertz CT molecular complexity index is 596. The van der Waals surface area contributed by atoms with Crippen LogP contribution in [-0.2, 0) is 6.42 Å². The first-order chi connectivity index (χ1) is 9.56. The standard InChI is InChI=1S/C14H17N3O2S/c1-10(2)15-7-6-14-16-13(9-20-14)11-4-3-5-12(8-11)17(18)19/h3-5,8-10,15H,6-7H2,1-2H3. The van der Waals surface area contributed by atoms with E-state index in [1.165, 1.54) is 6.07 Å². The Hall–Kier alpha value is -1.79. The lowest BCUT2D eigenvalue weighted by atomic mass is 10.1. The van der Waals surface area contributed by atoms with Gasteiger partial charge in [-0.2, -0.15) is 0 Å². The number of aromatic nitrogens is 1. The molecule has 0 bridgehead atoms. The van der Waals surface area contributed by atoms with Crippen LogP contribution in [0, 0.1) is 10.1 Å². The summed E-state index contributed by atoms with van der Waals surface area (Å²) in [5.41, 5.74) is 1.69. The predicted molar refractivity (Wildman–Crippen MR) is 81.0 cm³/mol. The van der Waals surface area contributed by atoms with E-state index in [0.29, 0.717) is 6.04 Å². The molecule has 2 aromatic rings. The molecule has 0 radical (unpaired) electrons. The average molecular weight is 291 g/mol. The average Bonchev–Trinajstić information content (AvgIpc) is 2.87. The summed E-state index contributed by atoms with van der Waals surface area (Å²) in [6, 6.07) is 7.05. The van der Waals surface area contributed by atoms with Gasteiger partial charge in [0.2, 0.25) is 0 Å². The SMILES string of the molecule is CC(C)NCCc1nc(-c2cccc([N+](=O)[O-])c2)cs1. The second kappa shape index (κ2) is 6.58. The molecule has 0 aliphatic rings. The van der Waals surface area contributed by atoms with Gasteiger partial charge in [0.05, 0.1) is 15.6 Å². The summed E-state index contributed by atoms with van der Waals surface area (Å²) in [4.78, 5) is 14.9. The molecule has 0 atom stereocenters. The molecule has 1 N–H and O–H groups in total. The van der Waals surface area contributed by atoms with Gasteiger partial charge in [0.25, 0.3) is 5.69 Å². The van der Waals surface area contributed by atoms with Crippen molar-refractivity contribution in [2.75, 3.05) is 6.54 Å². The zero-order valence-electron chi connectivity index (χ0n) is 11.5. The molecule has 1 aromatic heterocycles. The number of benzene rings is 1. The Morgan fingerprint density at radius 2 is 2.25 bits per heavy atom. The highest BCUT2D eigenvalue weighted by atomic mass is 32.1. The van der Waals surface area contributed by atoms with Crippen LogP contribution in [0.2, 0.25) is 0 Å². The van der Waals surface area contributed by atoms with E-state index < -0.39 is 0 Å². The van der Waals surface area contributed by atoms with Crippen LogP contribution in [0.4, 0.5) is 5.69 Å². The predicted octanol–water partition coefficient (Wildman–Crippen LogP) is 3.26. The van der Waals surface area contributed by atoms with Crippen molar-refractivity contribution in [1.29, 1.82) is 0 Å². The monoisotopic (exact) mass is 291 g/mol. The van der Waals surface area contributed by atoms with E-state index in [4.69, 9.17) is 0 Å². The zero-order valence-corrected chi connectivity index (χ0v) is 12.3. The van der Waals surface area contributed by atoms with Gasteiger partial charge in [0.15, 0.2) is 0 Å². The van der Waals surface area contributed by atoms with Crippen molar-refractivity contribution < 1.29 is 4.92 Å². The Morgan fingerprint density at radius 1 is 1.45 bits per heavy atom. The molecule has 1 heterocycles. The molecule has 20 heavy (non-hydrogen) atoms. The maximum Gasteiger partial charge on any atom is 0.270 e. The number of nitro benzene ring substituents is 1. The van der Waals surface area contributed by atoms with Gasteiger partial charge in [0, 0.05) is 42.1 Å². The lowest BCUT2D eigenvalue weighted by Crippen LogP contribution is -2.24. The molecule has 0 unspecified atom stereocenters. The van der Waals surface area contributed by atoms with E-state index in [9.17, 15) is 10.1 Å². The normalized spacial score (nSPS) is 10.9. The Morgan fingerprint density at radius 3 is 2.95 bits per heavy atom. The van der Waals surface area contributed by atoms with E-state index in [1.807, 2.05) is 11.4 Å². The van der Waals surface area contributed by atoms with Crippen molar-refractivity contribution in [2.24, 2.45) is 0 Å². The molecule has 1 aromatic carbocycles. The molecule has 0 aliphatic carbocycles. The molecular weight excluding hydrogens is 274 g/mol. The van der Waals surface area contributed by atoms with Crippen molar-refractivity contribution in [3.05, 3.63) is 44.8 Å². The van der Waals surface area contributed by atoms with Crippen LogP contribution < -0.4 is 5.32 Å². The molecule has 0 aliphatic heterocycles. The summed E-state index contributed by atoms with van der Waals surface area (Å²) in [6.45, 7) is 5.10. The quantitative estimate of drug-likeness (QED) is 0.655. The van der Waals surface area contributed by atoms with E-state index in [2.05, 4.69) is 24.1 Å². The third-order valence-electron chi connectivity index (χ3n) is 2.80. The van der Waals surface area contributed by atoms with Gasteiger partial charge >= 0.3 is 0 Å². The fourth-order valence-electron chi connectivity index (χ4n) is 1.80. The van der Waals surface area contributed by atoms with Crippen molar-refractivity contribution >= 4 is 17.0 Å². The van der Waals surface area contributed by atoms with Gasteiger partial charge in [-0.25, -0.2) is 4.98 Å². The summed E-state index contributed by atoms with van der Waals surface area (Å²) in [6.07, 6.45) is 0.873. The molecule has 6 heteroatoms. The fraction of sp³-hybridized carbons (Fsp3) is 0.357.